The average Bonchev–Trinajstić information content (AvgIpc) is 2.84. The minimum absolute atomic E-state index is 0.205. The molecule has 0 saturated heterocycles. The Bertz CT molecular complexity index is 631. The molecule has 1 atom stereocenters. The van der Waals surface area contributed by atoms with Gasteiger partial charge in [-0.25, -0.2) is 9.78 Å². The van der Waals surface area contributed by atoms with E-state index >= 15 is 0 Å². The molecule has 0 fully saturated rings. The second-order valence-electron chi connectivity index (χ2n) is 3.98. The van der Waals surface area contributed by atoms with Crippen LogP contribution < -0.4 is 9.64 Å². The van der Waals surface area contributed by atoms with Crippen molar-refractivity contribution < 1.29 is 14.6 Å². The Kier molecular flexibility index (Phi) is 3.04. The molecule has 2 heterocycles. The van der Waals surface area contributed by atoms with Gasteiger partial charge in [-0.2, -0.15) is 0 Å². The zero-order valence-electron chi connectivity index (χ0n) is 9.62. The predicted octanol–water partition coefficient (Wildman–Crippen LogP) is 2.78. The van der Waals surface area contributed by atoms with Crippen molar-refractivity contribution in [2.45, 2.75) is 6.10 Å². The molecule has 1 aliphatic rings. The second kappa shape index (κ2) is 4.71. The van der Waals surface area contributed by atoms with Crippen molar-refractivity contribution in [2.24, 2.45) is 0 Å². The summed E-state index contributed by atoms with van der Waals surface area (Å²) in [6.07, 6.45) is -0.919. The summed E-state index contributed by atoms with van der Waals surface area (Å²) in [6.45, 7) is 0.205. The zero-order chi connectivity index (χ0) is 13.4. The number of anilines is 2. The lowest BCUT2D eigenvalue weighted by Gasteiger charge is -2.32. The Morgan fingerprint density at radius 2 is 2.32 bits per heavy atom. The van der Waals surface area contributed by atoms with Crippen molar-refractivity contribution in [3.8, 4) is 5.75 Å². The lowest BCUT2D eigenvalue weighted by molar-refractivity contribution is -0.144. The van der Waals surface area contributed by atoms with E-state index in [0.717, 1.165) is 5.69 Å². The number of carboxylic acids is 1. The van der Waals surface area contributed by atoms with E-state index in [0.29, 0.717) is 16.0 Å². The maximum atomic E-state index is 11.2. The lowest BCUT2D eigenvalue weighted by Crippen LogP contribution is -2.42. The summed E-state index contributed by atoms with van der Waals surface area (Å²) in [4.78, 5) is 17.2. The molecule has 3 rings (SSSR count). The van der Waals surface area contributed by atoms with Gasteiger partial charge in [0, 0.05) is 5.38 Å². The maximum Gasteiger partial charge on any atom is 0.346 e. The Hall–Kier alpha value is -1.79. The van der Waals surface area contributed by atoms with Crippen LogP contribution in [0.4, 0.5) is 10.8 Å². The van der Waals surface area contributed by atoms with Gasteiger partial charge in [0.05, 0.1) is 12.2 Å². The molecule has 98 valence electrons. The molecule has 0 saturated carbocycles. The fourth-order valence-electron chi connectivity index (χ4n) is 1.91. The van der Waals surface area contributed by atoms with Gasteiger partial charge >= 0.3 is 5.97 Å². The molecule has 0 aliphatic carbocycles. The summed E-state index contributed by atoms with van der Waals surface area (Å²) in [7, 11) is 0. The fraction of sp³-hybridized carbons (Fsp3) is 0.167. The first-order valence-corrected chi connectivity index (χ1v) is 6.78. The summed E-state index contributed by atoms with van der Waals surface area (Å²) in [5.74, 6) is -0.463. The Morgan fingerprint density at radius 1 is 1.53 bits per heavy atom. The number of fused-ring (bicyclic) bond motifs is 1. The largest absolute Gasteiger partial charge is 0.478 e. The molecule has 0 radical (unpaired) electrons. The maximum absolute atomic E-state index is 11.2. The van der Waals surface area contributed by atoms with E-state index in [-0.39, 0.29) is 6.54 Å². The number of aliphatic carboxylic acids is 1. The highest BCUT2D eigenvalue weighted by Gasteiger charge is 2.32. The summed E-state index contributed by atoms with van der Waals surface area (Å²) in [6, 6.07) is 7.27. The van der Waals surface area contributed by atoms with Gasteiger partial charge in [0.1, 0.15) is 10.9 Å². The lowest BCUT2D eigenvalue weighted by atomic mass is 10.2. The van der Waals surface area contributed by atoms with Gasteiger partial charge in [0.2, 0.25) is 6.10 Å². The molecule has 0 bridgehead atoms. The van der Waals surface area contributed by atoms with Gasteiger partial charge < -0.3 is 14.7 Å². The molecule has 7 heteroatoms. The van der Waals surface area contributed by atoms with E-state index in [4.69, 9.17) is 21.4 Å². The number of halogens is 1. The summed E-state index contributed by atoms with van der Waals surface area (Å²) >= 11 is 7.20. The molecule has 0 spiro atoms. The molecule has 1 aliphatic heterocycles. The van der Waals surface area contributed by atoms with Gasteiger partial charge in [-0.3, -0.25) is 0 Å². The summed E-state index contributed by atoms with van der Waals surface area (Å²) in [5, 5.41) is 11.9. The Balaban J connectivity index is 2.05. The number of ether oxygens (including phenoxy) is 1. The molecule has 2 aromatic rings. The number of nitrogens with zero attached hydrogens (tertiary/aromatic N) is 2. The van der Waals surface area contributed by atoms with Gasteiger partial charge in [0.25, 0.3) is 0 Å². The van der Waals surface area contributed by atoms with Crippen molar-refractivity contribution in [3.63, 3.8) is 0 Å². The smallest absolute Gasteiger partial charge is 0.346 e. The number of hydrogen-bond acceptors (Lipinski definition) is 5. The molecular weight excluding hydrogens is 288 g/mol. The van der Waals surface area contributed by atoms with Crippen LogP contribution in [0.15, 0.2) is 29.6 Å². The highest BCUT2D eigenvalue weighted by molar-refractivity contribution is 7.14. The van der Waals surface area contributed by atoms with Crippen LogP contribution in [-0.4, -0.2) is 28.7 Å². The molecule has 0 amide bonds. The van der Waals surface area contributed by atoms with Crippen molar-refractivity contribution in [1.82, 2.24) is 4.98 Å². The van der Waals surface area contributed by atoms with Crippen LogP contribution in [0.1, 0.15) is 0 Å². The standard InChI is InChI=1S/C12H9ClN2O3S/c13-10-6-19-12(14-10)15-5-9(11(16)17)18-8-4-2-1-3-7(8)15/h1-4,6,9H,5H2,(H,16,17). The molecule has 1 aromatic heterocycles. The number of benzene rings is 1. The first kappa shape index (κ1) is 12.3. The molecule has 19 heavy (non-hydrogen) atoms. The molecular formula is C12H9ClN2O3S. The van der Waals surface area contributed by atoms with Crippen molar-refractivity contribution in [1.29, 1.82) is 0 Å². The third-order valence-corrected chi connectivity index (χ3v) is 3.93. The van der Waals surface area contributed by atoms with Gasteiger partial charge in [-0.05, 0) is 12.1 Å². The SMILES string of the molecule is O=C(O)C1CN(c2nc(Cl)cs2)c2ccccc2O1. The number of para-hydroxylation sites is 2. The number of carboxylic acid groups (broad SMARTS) is 1. The number of thiazole rings is 1. The first-order chi connectivity index (χ1) is 9.15. The topological polar surface area (TPSA) is 62.7 Å². The normalized spacial score (nSPS) is 17.7. The molecule has 1 unspecified atom stereocenters. The quantitative estimate of drug-likeness (QED) is 0.923. The number of hydrogen-bond donors (Lipinski definition) is 1. The van der Waals surface area contributed by atoms with E-state index < -0.39 is 12.1 Å². The summed E-state index contributed by atoms with van der Waals surface area (Å²) < 4.78 is 5.45. The monoisotopic (exact) mass is 296 g/mol. The van der Waals surface area contributed by atoms with Crippen LogP contribution in [0.2, 0.25) is 5.15 Å². The minimum atomic E-state index is -0.998. The third kappa shape index (κ3) is 2.24. The van der Waals surface area contributed by atoms with Crippen molar-refractivity contribution in [2.75, 3.05) is 11.4 Å². The highest BCUT2D eigenvalue weighted by atomic mass is 35.5. The minimum Gasteiger partial charge on any atom is -0.478 e. The second-order valence-corrected chi connectivity index (χ2v) is 5.20. The van der Waals surface area contributed by atoms with Crippen molar-refractivity contribution >= 4 is 39.7 Å². The van der Waals surface area contributed by atoms with Crippen LogP contribution in [-0.2, 0) is 4.79 Å². The summed E-state index contributed by atoms with van der Waals surface area (Å²) in [5.41, 5.74) is 0.797. The number of carbonyl (C=O) groups is 1. The molecule has 1 aromatic carbocycles. The highest BCUT2D eigenvalue weighted by Crippen LogP contribution is 2.39. The van der Waals surface area contributed by atoms with Gasteiger partial charge in [-0.1, -0.05) is 23.7 Å². The van der Waals surface area contributed by atoms with Crippen LogP contribution in [0.3, 0.4) is 0 Å². The van der Waals surface area contributed by atoms with E-state index in [1.807, 2.05) is 17.0 Å². The van der Waals surface area contributed by atoms with Gasteiger partial charge in [0.15, 0.2) is 5.13 Å². The molecule has 5 nitrogen and oxygen atoms in total. The molecule has 1 N–H and O–H groups in total. The van der Waals surface area contributed by atoms with Crippen molar-refractivity contribution in [3.05, 3.63) is 34.8 Å². The fourth-order valence-corrected chi connectivity index (χ4v) is 2.88. The predicted molar refractivity (Wildman–Crippen MR) is 72.6 cm³/mol. The van der Waals surface area contributed by atoms with E-state index in [1.54, 1.807) is 17.5 Å². The average molecular weight is 297 g/mol. The Labute approximate surface area is 118 Å². The van der Waals surface area contributed by atoms with Crippen LogP contribution in [0.25, 0.3) is 0 Å². The van der Waals surface area contributed by atoms with Crippen LogP contribution in [0, 0.1) is 0 Å². The van der Waals surface area contributed by atoms with E-state index in [2.05, 4.69) is 4.98 Å². The zero-order valence-corrected chi connectivity index (χ0v) is 11.2. The Morgan fingerprint density at radius 3 is 3.00 bits per heavy atom. The van der Waals surface area contributed by atoms with E-state index in [1.165, 1.54) is 11.3 Å². The van der Waals surface area contributed by atoms with Crippen LogP contribution >= 0.6 is 22.9 Å². The van der Waals surface area contributed by atoms with Crippen LogP contribution in [0.5, 0.6) is 5.75 Å². The van der Waals surface area contributed by atoms with E-state index in [9.17, 15) is 4.79 Å². The number of aromatic nitrogens is 1. The third-order valence-electron chi connectivity index (χ3n) is 2.74. The number of rotatable bonds is 2. The first-order valence-electron chi connectivity index (χ1n) is 5.52. The van der Waals surface area contributed by atoms with Gasteiger partial charge in [-0.15, -0.1) is 11.3 Å².